The summed E-state index contributed by atoms with van der Waals surface area (Å²) in [5.74, 6) is 1.07. The van der Waals surface area contributed by atoms with Gasteiger partial charge in [0, 0.05) is 12.1 Å². The normalized spacial score (nSPS) is 35.8. The lowest BCUT2D eigenvalue weighted by atomic mass is 10.0. The maximum absolute atomic E-state index is 3.67. The van der Waals surface area contributed by atoms with E-state index in [9.17, 15) is 0 Å². The van der Waals surface area contributed by atoms with Crippen LogP contribution >= 0.6 is 0 Å². The highest BCUT2D eigenvalue weighted by Gasteiger charge is 2.28. The summed E-state index contributed by atoms with van der Waals surface area (Å²) in [7, 11) is 0. The molecule has 0 amide bonds. The van der Waals surface area contributed by atoms with Gasteiger partial charge in [0.2, 0.25) is 0 Å². The fourth-order valence-corrected chi connectivity index (χ4v) is 1.95. The van der Waals surface area contributed by atoms with Crippen molar-refractivity contribution in [2.45, 2.75) is 38.1 Å². The van der Waals surface area contributed by atoms with Crippen LogP contribution in [0, 0.1) is 5.92 Å². The van der Waals surface area contributed by atoms with Crippen LogP contribution in [0.25, 0.3) is 0 Å². The molecule has 0 aromatic carbocycles. The molecule has 1 heterocycles. The van der Waals surface area contributed by atoms with Gasteiger partial charge in [-0.2, -0.15) is 0 Å². The highest BCUT2D eigenvalue weighted by Crippen LogP contribution is 2.32. The van der Waals surface area contributed by atoms with Crippen LogP contribution < -0.4 is 10.6 Å². The van der Waals surface area contributed by atoms with Crippen molar-refractivity contribution in [2.75, 3.05) is 19.6 Å². The van der Waals surface area contributed by atoms with Crippen LogP contribution in [0.3, 0.4) is 0 Å². The van der Waals surface area contributed by atoms with E-state index < -0.39 is 0 Å². The van der Waals surface area contributed by atoms with Gasteiger partial charge in [-0.25, -0.2) is 0 Å². The largest absolute Gasteiger partial charge is 0.315 e. The molecule has 1 saturated carbocycles. The molecule has 2 rings (SSSR count). The topological polar surface area (TPSA) is 24.1 Å². The van der Waals surface area contributed by atoms with E-state index in [0.717, 1.165) is 12.5 Å². The van der Waals surface area contributed by atoms with Gasteiger partial charge in [0.15, 0.2) is 0 Å². The second-order valence-corrected chi connectivity index (χ2v) is 4.65. The number of rotatable bonds is 4. The Kier molecular flexibility index (Phi) is 2.37. The summed E-state index contributed by atoms with van der Waals surface area (Å²) in [6.07, 6.45) is 5.65. The monoisotopic (exact) mass is 168 g/mol. The summed E-state index contributed by atoms with van der Waals surface area (Å²) in [6, 6.07) is 0. The summed E-state index contributed by atoms with van der Waals surface area (Å²) in [4.78, 5) is 0. The zero-order chi connectivity index (χ0) is 8.44. The Bertz CT molecular complexity index is 146. The van der Waals surface area contributed by atoms with Crippen molar-refractivity contribution in [2.24, 2.45) is 5.92 Å². The average molecular weight is 168 g/mol. The van der Waals surface area contributed by atoms with Crippen LogP contribution in [0.4, 0.5) is 0 Å². The van der Waals surface area contributed by atoms with Gasteiger partial charge in [0.05, 0.1) is 0 Å². The molecule has 1 saturated heterocycles. The highest BCUT2D eigenvalue weighted by molar-refractivity contribution is 4.91. The summed E-state index contributed by atoms with van der Waals surface area (Å²) in [5, 5.41) is 7.07. The molecule has 2 nitrogen and oxygen atoms in total. The first kappa shape index (κ1) is 8.52. The second kappa shape index (κ2) is 3.35. The smallest absolute Gasteiger partial charge is 0.0289 e. The molecular formula is C10H20N2. The molecule has 2 aliphatic rings. The van der Waals surface area contributed by atoms with Gasteiger partial charge in [0.1, 0.15) is 0 Å². The Balaban J connectivity index is 1.63. The fraction of sp³-hybridized carbons (Fsp3) is 1.00. The van der Waals surface area contributed by atoms with E-state index in [-0.39, 0.29) is 0 Å². The minimum absolute atomic E-state index is 0.398. The maximum atomic E-state index is 3.67. The van der Waals surface area contributed by atoms with Crippen LogP contribution in [0.1, 0.15) is 32.6 Å². The molecule has 1 aliphatic heterocycles. The molecule has 2 N–H and O–H groups in total. The molecule has 1 unspecified atom stereocenters. The van der Waals surface area contributed by atoms with Gasteiger partial charge in [0.25, 0.3) is 0 Å². The number of nitrogens with one attached hydrogen (secondary N) is 2. The van der Waals surface area contributed by atoms with E-state index >= 15 is 0 Å². The molecule has 2 fully saturated rings. The van der Waals surface area contributed by atoms with E-state index in [0.29, 0.717) is 5.54 Å². The van der Waals surface area contributed by atoms with Crippen LogP contribution in [0.15, 0.2) is 0 Å². The molecule has 2 heteroatoms. The molecule has 0 aromatic heterocycles. The van der Waals surface area contributed by atoms with Gasteiger partial charge in [-0.15, -0.1) is 0 Å². The third kappa shape index (κ3) is 2.20. The van der Waals surface area contributed by atoms with Gasteiger partial charge >= 0.3 is 0 Å². The first-order valence-electron chi connectivity index (χ1n) is 5.24. The molecule has 0 spiro atoms. The predicted molar refractivity (Wildman–Crippen MR) is 51.2 cm³/mol. The molecule has 0 bridgehead atoms. The third-order valence-electron chi connectivity index (χ3n) is 3.17. The fourth-order valence-electron chi connectivity index (χ4n) is 1.95. The lowest BCUT2D eigenvalue weighted by Gasteiger charge is -2.24. The average Bonchev–Trinajstić information content (AvgIpc) is 2.75. The second-order valence-electron chi connectivity index (χ2n) is 4.65. The van der Waals surface area contributed by atoms with E-state index in [1.54, 1.807) is 0 Å². The number of hydrogen-bond donors (Lipinski definition) is 2. The molecule has 1 atom stereocenters. The van der Waals surface area contributed by atoms with Crippen molar-refractivity contribution in [3.8, 4) is 0 Å². The van der Waals surface area contributed by atoms with Gasteiger partial charge in [-0.1, -0.05) is 12.8 Å². The number of hydrogen-bond acceptors (Lipinski definition) is 2. The predicted octanol–water partition coefficient (Wildman–Crippen LogP) is 1.13. The van der Waals surface area contributed by atoms with Gasteiger partial charge in [-0.3, -0.25) is 0 Å². The summed E-state index contributed by atoms with van der Waals surface area (Å²) in [5.41, 5.74) is 0.398. The van der Waals surface area contributed by atoms with Gasteiger partial charge < -0.3 is 10.6 Å². The molecular weight excluding hydrogens is 148 g/mol. The SMILES string of the molecule is CC1(NCCC2CC2)CCNC1. The van der Waals surface area contributed by atoms with Gasteiger partial charge in [-0.05, 0) is 38.8 Å². The Morgan fingerprint density at radius 1 is 1.50 bits per heavy atom. The first-order valence-corrected chi connectivity index (χ1v) is 5.24. The van der Waals surface area contributed by atoms with Crippen LogP contribution in [0.5, 0.6) is 0 Å². The van der Waals surface area contributed by atoms with Crippen molar-refractivity contribution < 1.29 is 0 Å². The highest BCUT2D eigenvalue weighted by atomic mass is 15.1. The molecule has 0 aromatic rings. The van der Waals surface area contributed by atoms with E-state index in [4.69, 9.17) is 0 Å². The van der Waals surface area contributed by atoms with Crippen molar-refractivity contribution in [1.82, 2.24) is 10.6 Å². The van der Waals surface area contributed by atoms with Crippen molar-refractivity contribution in [1.29, 1.82) is 0 Å². The summed E-state index contributed by atoms with van der Waals surface area (Å²) in [6.45, 7) is 5.90. The first-order chi connectivity index (χ1) is 5.79. The van der Waals surface area contributed by atoms with E-state index in [1.165, 1.54) is 38.8 Å². The Hall–Kier alpha value is -0.0800. The lowest BCUT2D eigenvalue weighted by molar-refractivity contribution is 0.380. The van der Waals surface area contributed by atoms with E-state index in [1.807, 2.05) is 0 Å². The molecule has 0 radical (unpaired) electrons. The quantitative estimate of drug-likeness (QED) is 0.657. The molecule has 70 valence electrons. The Morgan fingerprint density at radius 3 is 2.92 bits per heavy atom. The summed E-state index contributed by atoms with van der Waals surface area (Å²) < 4.78 is 0. The summed E-state index contributed by atoms with van der Waals surface area (Å²) >= 11 is 0. The van der Waals surface area contributed by atoms with Crippen molar-refractivity contribution in [3.05, 3.63) is 0 Å². The third-order valence-corrected chi connectivity index (χ3v) is 3.17. The Morgan fingerprint density at radius 2 is 2.33 bits per heavy atom. The molecule has 1 aliphatic carbocycles. The van der Waals surface area contributed by atoms with E-state index in [2.05, 4.69) is 17.6 Å². The minimum Gasteiger partial charge on any atom is -0.315 e. The zero-order valence-corrected chi connectivity index (χ0v) is 8.03. The standard InChI is InChI=1S/C10H20N2/c1-10(5-7-11-8-10)12-6-4-9-2-3-9/h9,11-12H,2-8H2,1H3. The molecule has 12 heavy (non-hydrogen) atoms. The van der Waals surface area contributed by atoms with Crippen molar-refractivity contribution in [3.63, 3.8) is 0 Å². The zero-order valence-electron chi connectivity index (χ0n) is 8.03. The van der Waals surface area contributed by atoms with Crippen LogP contribution in [-0.2, 0) is 0 Å². The maximum Gasteiger partial charge on any atom is 0.0289 e. The van der Waals surface area contributed by atoms with Crippen LogP contribution in [0.2, 0.25) is 0 Å². The van der Waals surface area contributed by atoms with Crippen LogP contribution in [-0.4, -0.2) is 25.2 Å². The van der Waals surface area contributed by atoms with Crippen molar-refractivity contribution >= 4 is 0 Å². The lowest BCUT2D eigenvalue weighted by Crippen LogP contribution is -2.44. The minimum atomic E-state index is 0.398. The Labute approximate surface area is 75.1 Å².